The lowest BCUT2D eigenvalue weighted by Gasteiger charge is -2.29. The molecule has 0 saturated carbocycles. The molecule has 1 amide bonds. The van der Waals surface area contributed by atoms with Gasteiger partial charge in [-0.1, -0.05) is 0 Å². The van der Waals surface area contributed by atoms with Crippen molar-refractivity contribution in [1.29, 1.82) is 0 Å². The Labute approximate surface area is 127 Å². The molecule has 1 atom stereocenters. The van der Waals surface area contributed by atoms with Gasteiger partial charge in [0.1, 0.15) is 5.82 Å². The lowest BCUT2D eigenvalue weighted by molar-refractivity contribution is 0.0936. The van der Waals surface area contributed by atoms with E-state index in [0.717, 1.165) is 31.1 Å². The van der Waals surface area contributed by atoms with Crippen LogP contribution in [0, 0.1) is 12.8 Å². The molecule has 5 heteroatoms. The first kappa shape index (κ1) is 15.8. The molecule has 2 N–H and O–H groups in total. The van der Waals surface area contributed by atoms with Gasteiger partial charge in [-0.2, -0.15) is 0 Å². The predicted octanol–water partition coefficient (Wildman–Crippen LogP) is 1.89. The quantitative estimate of drug-likeness (QED) is 0.869. The number of hydrogen-bond donors (Lipinski definition) is 2. The second kappa shape index (κ2) is 7.41. The number of aryl methyl sites for hydroxylation is 1. The maximum Gasteiger partial charge on any atom is 0.251 e. The van der Waals surface area contributed by atoms with E-state index < -0.39 is 0 Å². The highest BCUT2D eigenvalue weighted by molar-refractivity contribution is 5.95. The Balaban J connectivity index is 1.93. The number of carbonyl (C=O) groups is 1. The maximum atomic E-state index is 12.3. The van der Waals surface area contributed by atoms with E-state index in [2.05, 4.69) is 27.6 Å². The molecule has 1 aromatic rings. The molecule has 116 valence electrons. The van der Waals surface area contributed by atoms with Crippen LogP contribution >= 0.6 is 0 Å². The fourth-order valence-corrected chi connectivity index (χ4v) is 2.85. The standard InChI is InChI=1S/C16H26N4O/c1-4-17-15-9-14(8-12(2)19-15)16(21)18-10-13-6-5-7-20(3)11-13/h8-9,13H,4-7,10-11H2,1-3H3,(H,17,19)(H,18,21). The summed E-state index contributed by atoms with van der Waals surface area (Å²) in [6, 6.07) is 3.65. The number of carbonyl (C=O) groups excluding carboxylic acids is 1. The maximum absolute atomic E-state index is 12.3. The Kier molecular flexibility index (Phi) is 5.56. The molecule has 1 unspecified atom stereocenters. The zero-order valence-electron chi connectivity index (χ0n) is 13.3. The molecule has 1 aromatic heterocycles. The van der Waals surface area contributed by atoms with Crippen LogP contribution in [-0.2, 0) is 0 Å². The van der Waals surface area contributed by atoms with Gasteiger partial charge in [-0.15, -0.1) is 0 Å². The molecule has 0 spiro atoms. The normalized spacial score (nSPS) is 19.3. The summed E-state index contributed by atoms with van der Waals surface area (Å²) < 4.78 is 0. The number of pyridine rings is 1. The first-order valence-corrected chi connectivity index (χ1v) is 7.77. The second-order valence-corrected chi connectivity index (χ2v) is 5.89. The van der Waals surface area contributed by atoms with Crippen molar-refractivity contribution in [2.45, 2.75) is 26.7 Å². The number of nitrogens with zero attached hydrogens (tertiary/aromatic N) is 2. The second-order valence-electron chi connectivity index (χ2n) is 5.89. The van der Waals surface area contributed by atoms with Gasteiger partial charge in [0.25, 0.3) is 5.91 Å². The van der Waals surface area contributed by atoms with Crippen LogP contribution in [-0.4, -0.2) is 49.0 Å². The third-order valence-electron chi connectivity index (χ3n) is 3.85. The van der Waals surface area contributed by atoms with E-state index >= 15 is 0 Å². The molecule has 21 heavy (non-hydrogen) atoms. The van der Waals surface area contributed by atoms with Crippen molar-refractivity contribution in [1.82, 2.24) is 15.2 Å². The van der Waals surface area contributed by atoms with E-state index in [4.69, 9.17) is 0 Å². The number of amides is 1. The summed E-state index contributed by atoms with van der Waals surface area (Å²) in [5.74, 6) is 1.32. The lowest BCUT2D eigenvalue weighted by Crippen LogP contribution is -2.39. The summed E-state index contributed by atoms with van der Waals surface area (Å²) in [4.78, 5) is 19.0. The Bertz CT molecular complexity index is 489. The van der Waals surface area contributed by atoms with E-state index in [9.17, 15) is 4.79 Å². The van der Waals surface area contributed by atoms with Gasteiger partial charge in [0.2, 0.25) is 0 Å². The largest absolute Gasteiger partial charge is 0.370 e. The molecule has 2 heterocycles. The summed E-state index contributed by atoms with van der Waals surface area (Å²) in [6.45, 7) is 7.71. The minimum Gasteiger partial charge on any atom is -0.370 e. The van der Waals surface area contributed by atoms with E-state index in [1.54, 1.807) is 0 Å². The minimum absolute atomic E-state index is 0.00659. The lowest BCUT2D eigenvalue weighted by atomic mass is 9.98. The van der Waals surface area contributed by atoms with Crippen LogP contribution in [0.4, 0.5) is 5.82 Å². The number of likely N-dealkylation sites (tertiary alicyclic amines) is 1. The summed E-state index contributed by atoms with van der Waals surface area (Å²) in [6.07, 6.45) is 2.42. The third-order valence-corrected chi connectivity index (χ3v) is 3.85. The summed E-state index contributed by atoms with van der Waals surface area (Å²) in [5.41, 5.74) is 1.54. The van der Waals surface area contributed by atoms with Crippen molar-refractivity contribution >= 4 is 11.7 Å². The van der Waals surface area contributed by atoms with Gasteiger partial charge in [-0.25, -0.2) is 4.98 Å². The van der Waals surface area contributed by atoms with Gasteiger partial charge in [-0.05, 0) is 58.3 Å². The highest BCUT2D eigenvalue weighted by atomic mass is 16.1. The van der Waals surface area contributed by atoms with Crippen LogP contribution in [0.5, 0.6) is 0 Å². The Morgan fingerprint density at radius 1 is 1.48 bits per heavy atom. The Morgan fingerprint density at radius 3 is 3.00 bits per heavy atom. The van der Waals surface area contributed by atoms with Crippen LogP contribution < -0.4 is 10.6 Å². The highest BCUT2D eigenvalue weighted by Gasteiger charge is 2.18. The van der Waals surface area contributed by atoms with Gasteiger partial charge < -0.3 is 15.5 Å². The summed E-state index contributed by atoms with van der Waals surface area (Å²) in [7, 11) is 2.14. The molecule has 0 aromatic carbocycles. The zero-order valence-corrected chi connectivity index (χ0v) is 13.3. The fraction of sp³-hybridized carbons (Fsp3) is 0.625. The highest BCUT2D eigenvalue weighted by Crippen LogP contribution is 2.15. The SMILES string of the molecule is CCNc1cc(C(=O)NCC2CCCN(C)C2)cc(C)n1. The number of hydrogen-bond acceptors (Lipinski definition) is 4. The molecule has 5 nitrogen and oxygen atoms in total. The number of anilines is 1. The molecular formula is C16H26N4O. The van der Waals surface area contributed by atoms with Crippen LogP contribution in [0.1, 0.15) is 35.8 Å². The Morgan fingerprint density at radius 2 is 2.29 bits per heavy atom. The van der Waals surface area contributed by atoms with Gasteiger partial charge >= 0.3 is 0 Å². The van der Waals surface area contributed by atoms with E-state index in [-0.39, 0.29) is 5.91 Å². The van der Waals surface area contributed by atoms with E-state index in [1.165, 1.54) is 19.4 Å². The molecule has 0 aliphatic carbocycles. The van der Waals surface area contributed by atoms with Crippen LogP contribution in [0.15, 0.2) is 12.1 Å². The molecule has 0 radical (unpaired) electrons. The smallest absolute Gasteiger partial charge is 0.251 e. The zero-order chi connectivity index (χ0) is 15.2. The van der Waals surface area contributed by atoms with Crippen LogP contribution in [0.25, 0.3) is 0 Å². The van der Waals surface area contributed by atoms with Gasteiger partial charge in [-0.3, -0.25) is 4.79 Å². The first-order chi connectivity index (χ1) is 10.1. The van der Waals surface area contributed by atoms with Crippen LogP contribution in [0.3, 0.4) is 0 Å². The predicted molar refractivity (Wildman–Crippen MR) is 85.7 cm³/mol. The van der Waals surface area contributed by atoms with Crippen molar-refractivity contribution in [3.63, 3.8) is 0 Å². The number of nitrogens with one attached hydrogen (secondary N) is 2. The monoisotopic (exact) mass is 290 g/mol. The fourth-order valence-electron chi connectivity index (χ4n) is 2.85. The van der Waals surface area contributed by atoms with E-state index in [0.29, 0.717) is 11.5 Å². The molecule has 1 aliphatic rings. The average molecular weight is 290 g/mol. The summed E-state index contributed by atoms with van der Waals surface area (Å²) >= 11 is 0. The number of aromatic nitrogens is 1. The molecule has 1 aliphatic heterocycles. The minimum atomic E-state index is -0.00659. The number of rotatable bonds is 5. The van der Waals surface area contributed by atoms with Gasteiger partial charge in [0, 0.05) is 30.9 Å². The molecule has 2 rings (SSSR count). The van der Waals surface area contributed by atoms with Gasteiger partial charge in [0.05, 0.1) is 0 Å². The average Bonchev–Trinajstić information content (AvgIpc) is 2.44. The van der Waals surface area contributed by atoms with Crippen LogP contribution in [0.2, 0.25) is 0 Å². The van der Waals surface area contributed by atoms with Gasteiger partial charge in [0.15, 0.2) is 0 Å². The molecule has 1 saturated heterocycles. The first-order valence-electron chi connectivity index (χ1n) is 7.77. The third kappa shape index (κ3) is 4.70. The van der Waals surface area contributed by atoms with Crippen molar-refractivity contribution in [2.24, 2.45) is 5.92 Å². The molecular weight excluding hydrogens is 264 g/mol. The number of piperidine rings is 1. The van der Waals surface area contributed by atoms with E-state index in [1.807, 2.05) is 26.0 Å². The topological polar surface area (TPSA) is 57.3 Å². The molecule has 1 fully saturated rings. The van der Waals surface area contributed by atoms with Crippen molar-refractivity contribution in [3.8, 4) is 0 Å². The van der Waals surface area contributed by atoms with Crippen molar-refractivity contribution in [3.05, 3.63) is 23.4 Å². The molecule has 0 bridgehead atoms. The Hall–Kier alpha value is -1.62. The van der Waals surface area contributed by atoms with Crippen molar-refractivity contribution < 1.29 is 4.79 Å². The summed E-state index contributed by atoms with van der Waals surface area (Å²) in [5, 5.41) is 6.22. The van der Waals surface area contributed by atoms with Crippen molar-refractivity contribution in [2.75, 3.05) is 38.5 Å².